The van der Waals surface area contributed by atoms with Crippen LogP contribution in [-0.4, -0.2) is 37.5 Å². The molecule has 1 atom stereocenters. The van der Waals surface area contributed by atoms with Crippen molar-refractivity contribution in [3.63, 3.8) is 0 Å². The minimum absolute atomic E-state index is 0.0606. The molecular formula is C14H20BrN3O. The number of nitrogens with zero attached hydrogens (tertiary/aromatic N) is 2. The van der Waals surface area contributed by atoms with E-state index in [0.29, 0.717) is 6.54 Å². The molecule has 0 radical (unpaired) electrons. The first-order valence-electron chi connectivity index (χ1n) is 6.51. The van der Waals surface area contributed by atoms with Crippen molar-refractivity contribution < 1.29 is 4.79 Å². The second kappa shape index (κ2) is 5.92. The van der Waals surface area contributed by atoms with Gasteiger partial charge in [-0.25, -0.2) is 0 Å². The van der Waals surface area contributed by atoms with Crippen LogP contribution in [-0.2, 0) is 11.3 Å². The monoisotopic (exact) mass is 325 g/mol. The molecule has 19 heavy (non-hydrogen) atoms. The van der Waals surface area contributed by atoms with E-state index in [4.69, 9.17) is 5.73 Å². The van der Waals surface area contributed by atoms with Crippen LogP contribution in [0.3, 0.4) is 0 Å². The number of likely N-dealkylation sites (N-methyl/N-ethyl adjacent to an activating group) is 1. The smallest absolute Gasteiger partial charge is 0.244 e. The first kappa shape index (κ1) is 14.3. The van der Waals surface area contributed by atoms with Crippen molar-refractivity contribution in [3.8, 4) is 0 Å². The van der Waals surface area contributed by atoms with Crippen molar-refractivity contribution in [2.24, 2.45) is 5.73 Å². The van der Waals surface area contributed by atoms with Crippen LogP contribution < -0.4 is 10.6 Å². The molecule has 104 valence electrons. The molecule has 0 saturated carbocycles. The van der Waals surface area contributed by atoms with Gasteiger partial charge >= 0.3 is 0 Å². The number of carbonyl (C=O) groups excluding carboxylic acids is 1. The molecule has 0 spiro atoms. The maximum atomic E-state index is 12.3. The van der Waals surface area contributed by atoms with Gasteiger partial charge in [0.1, 0.15) is 6.04 Å². The van der Waals surface area contributed by atoms with Crippen molar-refractivity contribution >= 4 is 27.5 Å². The van der Waals surface area contributed by atoms with Crippen LogP contribution in [0.4, 0.5) is 5.69 Å². The lowest BCUT2D eigenvalue weighted by atomic mass is 10.1. The van der Waals surface area contributed by atoms with Gasteiger partial charge in [-0.2, -0.15) is 0 Å². The summed E-state index contributed by atoms with van der Waals surface area (Å²) >= 11 is 3.50. The number of halogens is 1. The SMILES string of the molecule is CN(C)C(=O)C1CCCN1c1cc(Br)ccc1CN. The highest BCUT2D eigenvalue weighted by Gasteiger charge is 2.32. The van der Waals surface area contributed by atoms with Crippen molar-refractivity contribution in [1.82, 2.24) is 4.90 Å². The molecule has 1 unspecified atom stereocenters. The zero-order valence-electron chi connectivity index (χ0n) is 11.4. The molecular weight excluding hydrogens is 306 g/mol. The van der Waals surface area contributed by atoms with Gasteiger partial charge in [-0.05, 0) is 30.5 Å². The molecule has 1 aliphatic rings. The van der Waals surface area contributed by atoms with Crippen LogP contribution in [0.25, 0.3) is 0 Å². The number of amides is 1. The summed E-state index contributed by atoms with van der Waals surface area (Å²) in [6.07, 6.45) is 1.95. The molecule has 4 nitrogen and oxygen atoms in total. The summed E-state index contributed by atoms with van der Waals surface area (Å²) in [4.78, 5) is 16.1. The zero-order chi connectivity index (χ0) is 14.0. The number of anilines is 1. The highest BCUT2D eigenvalue weighted by atomic mass is 79.9. The summed E-state index contributed by atoms with van der Waals surface area (Å²) in [7, 11) is 3.62. The zero-order valence-corrected chi connectivity index (χ0v) is 13.0. The highest BCUT2D eigenvalue weighted by Crippen LogP contribution is 2.31. The highest BCUT2D eigenvalue weighted by molar-refractivity contribution is 9.10. The predicted octanol–water partition coefficient (Wildman–Crippen LogP) is 1.96. The molecule has 5 heteroatoms. The fourth-order valence-electron chi connectivity index (χ4n) is 2.59. The number of nitrogens with two attached hydrogens (primary N) is 1. The Labute approximate surface area is 122 Å². The van der Waals surface area contributed by atoms with Crippen molar-refractivity contribution in [1.29, 1.82) is 0 Å². The first-order chi connectivity index (χ1) is 9.04. The quantitative estimate of drug-likeness (QED) is 0.924. The summed E-state index contributed by atoms with van der Waals surface area (Å²) in [5, 5.41) is 0. The first-order valence-corrected chi connectivity index (χ1v) is 7.30. The maximum Gasteiger partial charge on any atom is 0.244 e. The van der Waals surface area contributed by atoms with E-state index < -0.39 is 0 Å². The van der Waals surface area contributed by atoms with Gasteiger partial charge in [-0.1, -0.05) is 22.0 Å². The molecule has 2 N–H and O–H groups in total. The summed E-state index contributed by atoms with van der Waals surface area (Å²) < 4.78 is 1.02. The van der Waals surface area contributed by atoms with Gasteiger partial charge in [-0.3, -0.25) is 4.79 Å². The lowest BCUT2D eigenvalue weighted by molar-refractivity contribution is -0.129. The van der Waals surface area contributed by atoms with E-state index in [1.54, 1.807) is 4.90 Å². The third-order valence-corrected chi connectivity index (χ3v) is 4.05. The van der Waals surface area contributed by atoms with E-state index in [-0.39, 0.29) is 11.9 Å². The number of hydrogen-bond donors (Lipinski definition) is 1. The summed E-state index contributed by atoms with van der Waals surface area (Å²) in [6.45, 7) is 1.40. The van der Waals surface area contributed by atoms with Gasteiger partial charge in [0.2, 0.25) is 5.91 Å². The van der Waals surface area contributed by atoms with Crippen molar-refractivity contribution in [3.05, 3.63) is 28.2 Å². The number of hydrogen-bond acceptors (Lipinski definition) is 3. The van der Waals surface area contributed by atoms with Gasteiger partial charge < -0.3 is 15.5 Å². The van der Waals surface area contributed by atoms with Crippen molar-refractivity contribution in [2.75, 3.05) is 25.5 Å². The van der Waals surface area contributed by atoms with Crippen LogP contribution in [0.1, 0.15) is 18.4 Å². The fraction of sp³-hybridized carbons (Fsp3) is 0.500. The molecule has 0 aliphatic carbocycles. The van der Waals surface area contributed by atoms with Crippen LogP contribution in [0, 0.1) is 0 Å². The van der Waals surface area contributed by atoms with E-state index in [2.05, 4.69) is 26.9 Å². The third-order valence-electron chi connectivity index (χ3n) is 3.56. The lowest BCUT2D eigenvalue weighted by Crippen LogP contribution is -2.43. The average molecular weight is 326 g/mol. The molecule has 1 fully saturated rings. The molecule has 0 bridgehead atoms. The topological polar surface area (TPSA) is 49.6 Å². The van der Waals surface area contributed by atoms with E-state index in [0.717, 1.165) is 35.1 Å². The normalized spacial score (nSPS) is 18.7. The number of benzene rings is 1. The van der Waals surface area contributed by atoms with Crippen LogP contribution >= 0.6 is 15.9 Å². The Morgan fingerprint density at radius 1 is 1.53 bits per heavy atom. The molecule has 1 heterocycles. The Balaban J connectivity index is 2.34. The molecule has 1 amide bonds. The van der Waals surface area contributed by atoms with Crippen LogP contribution in [0.15, 0.2) is 22.7 Å². The van der Waals surface area contributed by atoms with E-state index in [1.165, 1.54) is 0 Å². The van der Waals surface area contributed by atoms with E-state index >= 15 is 0 Å². The fourth-order valence-corrected chi connectivity index (χ4v) is 2.94. The Morgan fingerprint density at radius 3 is 2.89 bits per heavy atom. The number of carbonyl (C=O) groups is 1. The maximum absolute atomic E-state index is 12.3. The molecule has 1 saturated heterocycles. The van der Waals surface area contributed by atoms with Gasteiger partial charge in [-0.15, -0.1) is 0 Å². The lowest BCUT2D eigenvalue weighted by Gasteiger charge is -2.29. The van der Waals surface area contributed by atoms with Gasteiger partial charge in [0.15, 0.2) is 0 Å². The molecule has 1 aromatic rings. The summed E-state index contributed by atoms with van der Waals surface area (Å²) in [6, 6.07) is 6.01. The van der Waals surface area contributed by atoms with Crippen molar-refractivity contribution in [2.45, 2.75) is 25.4 Å². The molecule has 2 rings (SSSR count). The number of rotatable bonds is 3. The Hall–Kier alpha value is -1.07. The summed E-state index contributed by atoms with van der Waals surface area (Å²) in [5.74, 6) is 0.167. The van der Waals surface area contributed by atoms with Crippen LogP contribution in [0.2, 0.25) is 0 Å². The molecule has 1 aliphatic heterocycles. The second-order valence-electron chi connectivity index (χ2n) is 5.06. The Kier molecular flexibility index (Phi) is 4.47. The predicted molar refractivity (Wildman–Crippen MR) is 81.1 cm³/mol. The van der Waals surface area contributed by atoms with E-state index in [9.17, 15) is 4.79 Å². The molecule has 1 aromatic carbocycles. The third kappa shape index (κ3) is 2.92. The van der Waals surface area contributed by atoms with Crippen LogP contribution in [0.5, 0.6) is 0 Å². The largest absolute Gasteiger partial charge is 0.359 e. The van der Waals surface area contributed by atoms with Gasteiger partial charge in [0, 0.05) is 37.3 Å². The van der Waals surface area contributed by atoms with Gasteiger partial charge in [0.05, 0.1) is 0 Å². The minimum Gasteiger partial charge on any atom is -0.359 e. The molecule has 0 aromatic heterocycles. The Bertz CT molecular complexity index is 476. The van der Waals surface area contributed by atoms with Gasteiger partial charge in [0.25, 0.3) is 0 Å². The summed E-state index contributed by atoms with van der Waals surface area (Å²) in [5.41, 5.74) is 7.98. The Morgan fingerprint density at radius 2 is 2.26 bits per heavy atom. The standard InChI is InChI=1S/C14H20BrN3O/c1-17(2)14(19)12-4-3-7-18(12)13-8-11(15)6-5-10(13)9-16/h5-6,8,12H,3-4,7,9,16H2,1-2H3. The average Bonchev–Trinajstić information content (AvgIpc) is 2.86. The van der Waals surface area contributed by atoms with E-state index in [1.807, 2.05) is 26.2 Å². The second-order valence-corrected chi connectivity index (χ2v) is 5.98. The minimum atomic E-state index is -0.0606.